The molecule has 0 saturated heterocycles. The quantitative estimate of drug-likeness (QED) is 0.466. The highest BCUT2D eigenvalue weighted by atomic mass is 16.1. The number of benzene rings is 2. The molecule has 2 nitrogen and oxygen atoms in total. The van der Waals surface area contributed by atoms with Gasteiger partial charge in [0.15, 0.2) is 11.6 Å². The molecule has 0 N–H and O–H groups in total. The molecule has 2 aromatic carbocycles. The lowest BCUT2D eigenvalue weighted by Crippen LogP contribution is -2.22. The maximum Gasteiger partial charge on any atom is 0.189 e. The van der Waals surface area contributed by atoms with Crippen molar-refractivity contribution in [1.29, 1.82) is 0 Å². The lowest BCUT2D eigenvalue weighted by Gasteiger charge is -2.31. The fourth-order valence-electron chi connectivity index (χ4n) is 6.62. The number of fused-ring (bicyclic) bond motifs is 2. The fourth-order valence-corrected chi connectivity index (χ4v) is 6.62. The third kappa shape index (κ3) is 3.64. The van der Waals surface area contributed by atoms with Crippen molar-refractivity contribution in [2.24, 2.45) is 11.8 Å². The summed E-state index contributed by atoms with van der Waals surface area (Å²) in [6, 6.07) is 16.1. The van der Waals surface area contributed by atoms with Gasteiger partial charge in [-0.15, -0.1) is 0 Å². The topological polar surface area (TPSA) is 34.1 Å². The second kappa shape index (κ2) is 8.98. The molecule has 0 heterocycles. The molecule has 2 heteroatoms. The van der Waals surface area contributed by atoms with Crippen LogP contribution in [0.4, 0.5) is 0 Å². The summed E-state index contributed by atoms with van der Waals surface area (Å²) in [5.41, 5.74) is 7.82. The van der Waals surface area contributed by atoms with Crippen molar-refractivity contribution in [2.75, 3.05) is 0 Å². The van der Waals surface area contributed by atoms with E-state index in [0.29, 0.717) is 11.8 Å². The summed E-state index contributed by atoms with van der Waals surface area (Å²) >= 11 is 0. The third-order valence-electron chi connectivity index (χ3n) is 8.43. The number of ketones is 2. The predicted octanol–water partition coefficient (Wildman–Crippen LogP) is 8.00. The molecule has 0 spiro atoms. The van der Waals surface area contributed by atoms with Crippen LogP contribution < -0.4 is 0 Å². The summed E-state index contributed by atoms with van der Waals surface area (Å²) in [6.07, 6.45) is 16.1. The zero-order valence-corrected chi connectivity index (χ0v) is 19.8. The Kier molecular flexibility index (Phi) is 5.69. The van der Waals surface area contributed by atoms with Gasteiger partial charge in [-0.05, 0) is 71.9 Å². The fraction of sp³-hybridized carbons (Fsp3) is 0.375. The Balaban J connectivity index is 1.59. The van der Waals surface area contributed by atoms with Gasteiger partial charge in [-0.25, -0.2) is 0 Å². The molecule has 0 aromatic heterocycles. The first-order valence-corrected chi connectivity index (χ1v) is 13.2. The third-order valence-corrected chi connectivity index (χ3v) is 8.43. The van der Waals surface area contributed by atoms with Crippen LogP contribution in [0.5, 0.6) is 0 Å². The number of rotatable bonds is 2. The van der Waals surface area contributed by atoms with Crippen LogP contribution in [-0.2, 0) is 0 Å². The SMILES string of the molecule is O=C1C(C2CCCCC2)=C/C(=C2\C=C(C3CCCCC3)C(=O)c3ccccc32)c2ccccc21. The number of carbonyl (C=O) groups is 2. The van der Waals surface area contributed by atoms with Crippen molar-refractivity contribution < 1.29 is 9.59 Å². The lowest BCUT2D eigenvalue weighted by molar-refractivity contribution is 0.100. The van der Waals surface area contributed by atoms with Crippen LogP contribution in [0, 0.1) is 11.8 Å². The van der Waals surface area contributed by atoms with Gasteiger partial charge in [0.2, 0.25) is 0 Å². The minimum Gasteiger partial charge on any atom is -0.289 e. The Morgan fingerprint density at radius 2 is 0.824 bits per heavy atom. The Morgan fingerprint density at radius 1 is 0.471 bits per heavy atom. The zero-order chi connectivity index (χ0) is 23.1. The van der Waals surface area contributed by atoms with Gasteiger partial charge in [0.05, 0.1) is 0 Å². The second-order valence-electron chi connectivity index (χ2n) is 10.4. The minimum atomic E-state index is 0.198. The molecule has 4 aliphatic rings. The van der Waals surface area contributed by atoms with Gasteiger partial charge in [-0.3, -0.25) is 9.59 Å². The van der Waals surface area contributed by atoms with Gasteiger partial charge in [-0.2, -0.15) is 0 Å². The van der Waals surface area contributed by atoms with Crippen molar-refractivity contribution in [2.45, 2.75) is 64.2 Å². The first-order valence-electron chi connectivity index (χ1n) is 13.2. The molecule has 2 saturated carbocycles. The Labute approximate surface area is 202 Å². The van der Waals surface area contributed by atoms with Crippen LogP contribution in [0.2, 0.25) is 0 Å². The largest absolute Gasteiger partial charge is 0.289 e. The molecular weight excluding hydrogens is 416 g/mol. The molecule has 0 amide bonds. The molecule has 172 valence electrons. The number of allylic oxidation sites excluding steroid dienone is 6. The summed E-state index contributed by atoms with van der Waals surface area (Å²) < 4.78 is 0. The molecule has 0 aliphatic heterocycles. The van der Waals surface area contributed by atoms with Gasteiger partial charge in [-0.1, -0.05) is 87.1 Å². The maximum absolute atomic E-state index is 13.6. The number of hydrogen-bond acceptors (Lipinski definition) is 2. The molecule has 2 fully saturated rings. The van der Waals surface area contributed by atoms with E-state index in [1.165, 1.54) is 38.5 Å². The van der Waals surface area contributed by atoms with E-state index in [2.05, 4.69) is 24.3 Å². The summed E-state index contributed by atoms with van der Waals surface area (Å²) in [7, 11) is 0. The molecule has 4 aliphatic carbocycles. The standard InChI is InChI=1S/C32H32O2/c33-31-25-17-9-7-15-23(25)29(19-27(31)21-11-3-1-4-12-21)30-20-28(22-13-5-2-6-14-22)32(34)26-18-10-8-16-24(26)30/h7-10,15-22H,1-6,11-14H2/b30-29-. The van der Waals surface area contributed by atoms with Crippen molar-refractivity contribution in [3.63, 3.8) is 0 Å². The maximum atomic E-state index is 13.6. The zero-order valence-electron chi connectivity index (χ0n) is 19.8. The molecule has 0 unspecified atom stereocenters. The minimum absolute atomic E-state index is 0.198. The monoisotopic (exact) mass is 448 g/mol. The predicted molar refractivity (Wildman–Crippen MR) is 138 cm³/mol. The molecule has 2 aromatic rings. The van der Waals surface area contributed by atoms with E-state index >= 15 is 0 Å². The van der Waals surface area contributed by atoms with Crippen LogP contribution in [0.1, 0.15) is 96.1 Å². The Hall–Kier alpha value is -3.00. The Bertz CT molecular complexity index is 1150. The second-order valence-corrected chi connectivity index (χ2v) is 10.4. The molecule has 6 rings (SSSR count). The van der Waals surface area contributed by atoms with Crippen molar-refractivity contribution in [3.05, 3.63) is 94.1 Å². The van der Waals surface area contributed by atoms with Crippen molar-refractivity contribution >= 4 is 22.7 Å². The van der Waals surface area contributed by atoms with E-state index < -0.39 is 0 Å². The van der Waals surface area contributed by atoms with Crippen LogP contribution in [0.3, 0.4) is 0 Å². The molecule has 0 atom stereocenters. The summed E-state index contributed by atoms with van der Waals surface area (Å²) in [6.45, 7) is 0. The van der Waals surface area contributed by atoms with E-state index in [0.717, 1.165) is 70.2 Å². The first kappa shape index (κ1) is 21.5. The van der Waals surface area contributed by atoms with E-state index in [4.69, 9.17) is 0 Å². The average molecular weight is 449 g/mol. The van der Waals surface area contributed by atoms with Gasteiger partial charge in [0.1, 0.15) is 0 Å². The van der Waals surface area contributed by atoms with Gasteiger partial charge < -0.3 is 0 Å². The van der Waals surface area contributed by atoms with Crippen LogP contribution in [0.15, 0.2) is 71.8 Å². The van der Waals surface area contributed by atoms with Crippen molar-refractivity contribution in [3.8, 4) is 0 Å². The highest BCUT2D eigenvalue weighted by molar-refractivity contribution is 6.23. The Morgan fingerprint density at radius 3 is 1.21 bits per heavy atom. The smallest absolute Gasteiger partial charge is 0.189 e. The number of hydrogen-bond donors (Lipinski definition) is 0. The molecule has 0 bridgehead atoms. The number of Topliss-reactive ketones (excluding diaryl/α,β-unsaturated/α-hetero) is 2. The summed E-state index contributed by atoms with van der Waals surface area (Å²) in [5, 5.41) is 0. The summed E-state index contributed by atoms with van der Waals surface area (Å²) in [5.74, 6) is 1.08. The molecule has 0 radical (unpaired) electrons. The molecule has 34 heavy (non-hydrogen) atoms. The first-order chi connectivity index (χ1) is 16.7. The van der Waals surface area contributed by atoms with Gasteiger partial charge in [0, 0.05) is 22.3 Å². The molecular formula is C32H32O2. The van der Waals surface area contributed by atoms with Gasteiger partial charge in [0.25, 0.3) is 0 Å². The highest BCUT2D eigenvalue weighted by Crippen LogP contribution is 2.45. The average Bonchev–Trinajstić information content (AvgIpc) is 2.91. The highest BCUT2D eigenvalue weighted by Gasteiger charge is 2.34. The van der Waals surface area contributed by atoms with E-state index in [1.807, 2.05) is 36.4 Å². The van der Waals surface area contributed by atoms with E-state index in [9.17, 15) is 9.59 Å². The van der Waals surface area contributed by atoms with E-state index in [-0.39, 0.29) is 11.6 Å². The lowest BCUT2D eigenvalue weighted by atomic mass is 9.72. The summed E-state index contributed by atoms with van der Waals surface area (Å²) in [4.78, 5) is 27.2. The van der Waals surface area contributed by atoms with Crippen molar-refractivity contribution in [1.82, 2.24) is 0 Å². The van der Waals surface area contributed by atoms with Gasteiger partial charge >= 0.3 is 0 Å². The van der Waals surface area contributed by atoms with E-state index in [1.54, 1.807) is 0 Å². The normalized spacial score (nSPS) is 23.8. The van der Waals surface area contributed by atoms with Crippen LogP contribution >= 0.6 is 0 Å². The number of carbonyl (C=O) groups excluding carboxylic acids is 2. The van der Waals surface area contributed by atoms with Crippen LogP contribution in [0.25, 0.3) is 11.1 Å². The van der Waals surface area contributed by atoms with Crippen LogP contribution in [-0.4, -0.2) is 11.6 Å².